The van der Waals surface area contributed by atoms with Crippen molar-refractivity contribution in [2.45, 2.75) is 12.8 Å². The number of carboxylic acid groups (broad SMARTS) is 1. The van der Waals surface area contributed by atoms with Gasteiger partial charge >= 0.3 is 5.97 Å². The Bertz CT molecular complexity index is 403. The summed E-state index contributed by atoms with van der Waals surface area (Å²) in [4.78, 5) is 27.4. The van der Waals surface area contributed by atoms with Gasteiger partial charge in [0, 0.05) is 19.3 Å². The summed E-state index contributed by atoms with van der Waals surface area (Å²) >= 11 is 0. The number of aliphatic carboxylic acids is 1. The number of amides is 1. The van der Waals surface area contributed by atoms with Crippen LogP contribution in [0.3, 0.4) is 0 Å². The van der Waals surface area contributed by atoms with Gasteiger partial charge in [-0.15, -0.1) is 0 Å². The van der Waals surface area contributed by atoms with Gasteiger partial charge in [-0.05, 0) is 12.1 Å². The quantitative estimate of drug-likeness (QED) is 0.759. The molecule has 0 radical (unpaired) electrons. The van der Waals surface area contributed by atoms with Crippen molar-refractivity contribution in [3.05, 3.63) is 24.0 Å². The van der Waals surface area contributed by atoms with Crippen LogP contribution in [0.15, 0.2) is 18.3 Å². The van der Waals surface area contributed by atoms with E-state index in [1.807, 2.05) is 0 Å². The highest BCUT2D eigenvalue weighted by atomic mass is 16.4. The minimum Gasteiger partial charge on any atom is -0.481 e. The van der Waals surface area contributed by atoms with Crippen molar-refractivity contribution in [1.29, 1.82) is 0 Å². The van der Waals surface area contributed by atoms with Gasteiger partial charge in [-0.3, -0.25) is 14.6 Å². The molecule has 92 valence electrons. The number of anilines is 1. The number of aromatic nitrogens is 1. The largest absolute Gasteiger partial charge is 0.481 e. The summed E-state index contributed by atoms with van der Waals surface area (Å²) in [7, 11) is 1.57. The van der Waals surface area contributed by atoms with Gasteiger partial charge in [0.2, 0.25) is 5.91 Å². The zero-order valence-corrected chi connectivity index (χ0v) is 9.59. The molecular formula is C11H15N3O3. The molecule has 1 amide bonds. The number of pyridine rings is 1. The number of carboxylic acids is 1. The molecule has 3 N–H and O–H groups in total. The lowest BCUT2D eigenvalue weighted by molar-refractivity contribution is -0.138. The van der Waals surface area contributed by atoms with Gasteiger partial charge in [0.25, 0.3) is 0 Å². The molecule has 0 aliphatic heterocycles. The van der Waals surface area contributed by atoms with E-state index < -0.39 is 5.97 Å². The first-order chi connectivity index (χ1) is 7.99. The summed E-state index contributed by atoms with van der Waals surface area (Å²) in [6, 6.07) is 3.35. The Balaban J connectivity index is 2.48. The van der Waals surface area contributed by atoms with Crippen LogP contribution in [0.4, 0.5) is 5.69 Å². The van der Waals surface area contributed by atoms with E-state index in [9.17, 15) is 9.59 Å². The third-order valence-electron chi connectivity index (χ3n) is 2.27. The first-order valence-corrected chi connectivity index (χ1v) is 5.15. The van der Waals surface area contributed by atoms with Crippen LogP contribution in [0.5, 0.6) is 0 Å². The van der Waals surface area contributed by atoms with Gasteiger partial charge in [-0.25, -0.2) is 0 Å². The van der Waals surface area contributed by atoms with Gasteiger partial charge in [-0.2, -0.15) is 0 Å². The standard InChI is InChI=1S/C11H15N3O3/c1-14(5-4-11(16)17)10(15)6-9-3-2-8(12)7-13-9/h2-3,7H,4-6,12H2,1H3,(H,16,17). The van der Waals surface area contributed by atoms with Crippen molar-refractivity contribution < 1.29 is 14.7 Å². The van der Waals surface area contributed by atoms with Gasteiger partial charge in [0.05, 0.1) is 24.7 Å². The summed E-state index contributed by atoms with van der Waals surface area (Å²) in [6.07, 6.45) is 1.58. The summed E-state index contributed by atoms with van der Waals surface area (Å²) in [5.74, 6) is -1.08. The highest BCUT2D eigenvalue weighted by Gasteiger charge is 2.11. The van der Waals surface area contributed by atoms with E-state index in [0.717, 1.165) is 0 Å². The van der Waals surface area contributed by atoms with Crippen molar-refractivity contribution in [1.82, 2.24) is 9.88 Å². The predicted molar refractivity (Wildman–Crippen MR) is 62.2 cm³/mol. The fraction of sp³-hybridized carbons (Fsp3) is 0.364. The molecule has 0 bridgehead atoms. The Morgan fingerprint density at radius 1 is 1.47 bits per heavy atom. The van der Waals surface area contributed by atoms with Crippen molar-refractivity contribution in [2.24, 2.45) is 0 Å². The molecule has 0 aliphatic rings. The average molecular weight is 237 g/mol. The van der Waals surface area contributed by atoms with Crippen LogP contribution in [-0.2, 0) is 16.0 Å². The number of nitrogen functional groups attached to an aromatic ring is 1. The minimum atomic E-state index is -0.921. The normalized spacial score (nSPS) is 9.94. The molecule has 1 rings (SSSR count). The maximum absolute atomic E-state index is 11.7. The molecule has 17 heavy (non-hydrogen) atoms. The van der Waals surface area contributed by atoms with E-state index in [4.69, 9.17) is 10.8 Å². The molecule has 0 aliphatic carbocycles. The van der Waals surface area contributed by atoms with Gasteiger partial charge in [0.15, 0.2) is 0 Å². The summed E-state index contributed by atoms with van der Waals surface area (Å²) in [6.45, 7) is 0.198. The van der Waals surface area contributed by atoms with E-state index in [2.05, 4.69) is 4.98 Å². The number of carbonyl (C=O) groups is 2. The number of likely N-dealkylation sites (N-methyl/N-ethyl adjacent to an activating group) is 1. The van der Waals surface area contributed by atoms with Crippen LogP contribution < -0.4 is 5.73 Å². The van der Waals surface area contributed by atoms with Gasteiger partial charge < -0.3 is 15.7 Å². The first-order valence-electron chi connectivity index (χ1n) is 5.15. The van der Waals surface area contributed by atoms with Gasteiger partial charge in [0.1, 0.15) is 0 Å². The Morgan fingerprint density at radius 2 is 2.18 bits per heavy atom. The number of carbonyl (C=O) groups excluding carboxylic acids is 1. The number of hydrogen-bond acceptors (Lipinski definition) is 4. The molecular weight excluding hydrogens is 222 g/mol. The van der Waals surface area contributed by atoms with Gasteiger partial charge in [-0.1, -0.05) is 0 Å². The first kappa shape index (κ1) is 13.0. The number of rotatable bonds is 5. The molecule has 0 atom stereocenters. The third-order valence-corrected chi connectivity index (χ3v) is 2.27. The SMILES string of the molecule is CN(CCC(=O)O)C(=O)Cc1ccc(N)cn1. The van der Waals surface area contributed by atoms with Crippen molar-refractivity contribution in [2.75, 3.05) is 19.3 Å². The summed E-state index contributed by atoms with van der Waals surface area (Å²) in [5.41, 5.74) is 6.63. The average Bonchev–Trinajstić information content (AvgIpc) is 2.28. The summed E-state index contributed by atoms with van der Waals surface area (Å²) < 4.78 is 0. The second-order valence-electron chi connectivity index (χ2n) is 3.72. The lowest BCUT2D eigenvalue weighted by atomic mass is 10.2. The Kier molecular flexibility index (Phi) is 4.45. The maximum Gasteiger partial charge on any atom is 0.305 e. The number of nitrogens with two attached hydrogens (primary N) is 1. The molecule has 1 aromatic heterocycles. The van der Waals surface area contributed by atoms with Crippen LogP contribution in [-0.4, -0.2) is 40.5 Å². The second-order valence-corrected chi connectivity index (χ2v) is 3.72. The Hall–Kier alpha value is -2.11. The molecule has 0 fully saturated rings. The molecule has 1 aromatic rings. The molecule has 0 aromatic carbocycles. The van der Waals surface area contributed by atoms with Crippen LogP contribution in [0.2, 0.25) is 0 Å². The fourth-order valence-corrected chi connectivity index (χ4v) is 1.22. The highest BCUT2D eigenvalue weighted by Crippen LogP contribution is 2.03. The molecule has 0 unspecified atom stereocenters. The van der Waals surface area contributed by atoms with Crippen molar-refractivity contribution in [3.8, 4) is 0 Å². The number of nitrogens with zero attached hydrogens (tertiary/aromatic N) is 2. The van der Waals surface area contributed by atoms with Crippen LogP contribution in [0, 0.1) is 0 Å². The zero-order valence-electron chi connectivity index (χ0n) is 9.59. The smallest absolute Gasteiger partial charge is 0.305 e. The molecule has 0 saturated heterocycles. The summed E-state index contributed by atoms with van der Waals surface area (Å²) in [5, 5.41) is 8.50. The zero-order chi connectivity index (χ0) is 12.8. The van der Waals surface area contributed by atoms with Crippen molar-refractivity contribution >= 4 is 17.6 Å². The van der Waals surface area contributed by atoms with E-state index >= 15 is 0 Å². The topological polar surface area (TPSA) is 96.5 Å². The molecule has 1 heterocycles. The lowest BCUT2D eigenvalue weighted by Crippen LogP contribution is -2.30. The molecule has 0 saturated carbocycles. The highest BCUT2D eigenvalue weighted by molar-refractivity contribution is 5.78. The second kappa shape index (κ2) is 5.83. The molecule has 0 spiro atoms. The van der Waals surface area contributed by atoms with Crippen LogP contribution in [0.25, 0.3) is 0 Å². The molecule has 6 heteroatoms. The monoisotopic (exact) mass is 237 g/mol. The maximum atomic E-state index is 11.7. The van der Waals surface area contributed by atoms with Crippen LogP contribution >= 0.6 is 0 Å². The third kappa shape index (κ3) is 4.50. The van der Waals surface area contributed by atoms with Crippen molar-refractivity contribution in [3.63, 3.8) is 0 Å². The molecule has 6 nitrogen and oxygen atoms in total. The Morgan fingerprint density at radius 3 is 2.71 bits per heavy atom. The van der Waals surface area contributed by atoms with E-state index in [0.29, 0.717) is 11.4 Å². The lowest BCUT2D eigenvalue weighted by Gasteiger charge is -2.15. The van der Waals surface area contributed by atoms with E-state index in [1.165, 1.54) is 11.1 Å². The Labute approximate surface area is 99.1 Å². The van der Waals surface area contributed by atoms with E-state index in [1.54, 1.807) is 19.2 Å². The predicted octanol–water partition coefficient (Wildman–Crippen LogP) is 0.139. The number of hydrogen-bond donors (Lipinski definition) is 2. The van der Waals surface area contributed by atoms with E-state index in [-0.39, 0.29) is 25.3 Å². The minimum absolute atomic E-state index is 0.0581. The fourth-order valence-electron chi connectivity index (χ4n) is 1.22. The van der Waals surface area contributed by atoms with Crippen LogP contribution in [0.1, 0.15) is 12.1 Å².